The van der Waals surface area contributed by atoms with Gasteiger partial charge in [0.2, 0.25) is 0 Å². The van der Waals surface area contributed by atoms with E-state index in [2.05, 4.69) is 126 Å². The van der Waals surface area contributed by atoms with Gasteiger partial charge in [0.05, 0.1) is 0 Å². The SMILES string of the molecule is Cc1ccc([Si](/C=C\C(C)(C)C)(c2ccc(C)cc2)c2ccc(C)cc2)cc1. The van der Waals surface area contributed by atoms with Gasteiger partial charge < -0.3 is 0 Å². The lowest BCUT2D eigenvalue weighted by Gasteiger charge is -2.32. The van der Waals surface area contributed by atoms with Gasteiger partial charge in [0.1, 0.15) is 0 Å². The normalized spacial score (nSPS) is 12.5. The quantitative estimate of drug-likeness (QED) is 0.427. The van der Waals surface area contributed by atoms with Crippen molar-refractivity contribution in [2.75, 3.05) is 0 Å². The Morgan fingerprint density at radius 2 is 0.821 bits per heavy atom. The molecule has 0 heterocycles. The fourth-order valence-corrected chi connectivity index (χ4v) is 8.02. The van der Waals surface area contributed by atoms with Crippen molar-refractivity contribution in [2.45, 2.75) is 41.5 Å². The molecule has 0 nitrogen and oxygen atoms in total. The van der Waals surface area contributed by atoms with Crippen LogP contribution in [-0.2, 0) is 0 Å². The van der Waals surface area contributed by atoms with Crippen molar-refractivity contribution in [1.82, 2.24) is 0 Å². The lowest BCUT2D eigenvalue weighted by atomic mass is 9.98. The molecule has 0 spiro atoms. The van der Waals surface area contributed by atoms with E-state index >= 15 is 0 Å². The molecule has 0 aromatic heterocycles. The Kier molecular flexibility index (Phi) is 5.76. The molecule has 0 saturated carbocycles. The van der Waals surface area contributed by atoms with Gasteiger partial charge in [-0.25, -0.2) is 0 Å². The number of allylic oxidation sites excluding steroid dienone is 1. The molecule has 0 aliphatic rings. The van der Waals surface area contributed by atoms with Crippen LogP contribution in [0, 0.1) is 26.2 Å². The Labute approximate surface area is 172 Å². The van der Waals surface area contributed by atoms with Crippen LogP contribution in [0.2, 0.25) is 0 Å². The van der Waals surface area contributed by atoms with Crippen LogP contribution < -0.4 is 15.6 Å². The molecule has 3 rings (SSSR count). The van der Waals surface area contributed by atoms with Gasteiger partial charge in [-0.1, -0.05) is 122 Å². The van der Waals surface area contributed by atoms with Gasteiger partial charge in [-0.3, -0.25) is 0 Å². The summed E-state index contributed by atoms with van der Waals surface area (Å²) in [5.41, 5.74) is 6.60. The molecule has 0 saturated heterocycles. The molecule has 3 aromatic carbocycles. The lowest BCUT2D eigenvalue weighted by Crippen LogP contribution is -2.66. The summed E-state index contributed by atoms with van der Waals surface area (Å²) in [5.74, 6) is 0. The fraction of sp³-hybridized carbons (Fsp3) is 0.259. The maximum atomic E-state index is 2.55. The Balaban J connectivity index is 2.36. The molecule has 0 atom stereocenters. The van der Waals surface area contributed by atoms with Gasteiger partial charge in [-0.05, 0) is 41.7 Å². The first-order chi connectivity index (χ1) is 13.2. The van der Waals surface area contributed by atoms with E-state index in [1.54, 1.807) is 0 Å². The Morgan fingerprint density at radius 1 is 0.536 bits per heavy atom. The highest BCUT2D eigenvalue weighted by Gasteiger charge is 2.37. The summed E-state index contributed by atoms with van der Waals surface area (Å²) in [6.07, 6.45) is 2.42. The first-order valence-corrected chi connectivity index (χ1v) is 12.2. The van der Waals surface area contributed by atoms with Crippen molar-refractivity contribution in [3.8, 4) is 0 Å². The average Bonchev–Trinajstić information content (AvgIpc) is 2.65. The van der Waals surface area contributed by atoms with E-state index in [1.807, 2.05) is 0 Å². The third-order valence-corrected chi connectivity index (χ3v) is 9.75. The molecule has 3 aromatic rings. The number of aryl methyl sites for hydroxylation is 3. The highest BCUT2D eigenvalue weighted by atomic mass is 28.3. The maximum Gasteiger partial charge on any atom is 0.172 e. The molecular formula is C27H32Si. The van der Waals surface area contributed by atoms with Crippen molar-refractivity contribution in [3.05, 3.63) is 101 Å². The summed E-state index contributed by atoms with van der Waals surface area (Å²) in [4.78, 5) is 0. The molecule has 0 N–H and O–H groups in total. The molecule has 28 heavy (non-hydrogen) atoms. The van der Waals surface area contributed by atoms with E-state index in [1.165, 1.54) is 32.3 Å². The van der Waals surface area contributed by atoms with Crippen LogP contribution >= 0.6 is 0 Å². The Morgan fingerprint density at radius 3 is 1.07 bits per heavy atom. The van der Waals surface area contributed by atoms with E-state index in [9.17, 15) is 0 Å². The van der Waals surface area contributed by atoms with Crippen molar-refractivity contribution in [2.24, 2.45) is 5.41 Å². The van der Waals surface area contributed by atoms with Gasteiger partial charge >= 0.3 is 0 Å². The van der Waals surface area contributed by atoms with E-state index in [0.29, 0.717) is 0 Å². The second-order valence-corrected chi connectivity index (χ2v) is 12.8. The second-order valence-electron chi connectivity index (χ2n) is 9.11. The zero-order valence-electron chi connectivity index (χ0n) is 18.1. The van der Waals surface area contributed by atoms with Crippen LogP contribution in [0.15, 0.2) is 84.6 Å². The molecule has 0 unspecified atom stereocenters. The number of rotatable bonds is 4. The average molecular weight is 385 g/mol. The molecule has 0 aliphatic carbocycles. The predicted octanol–water partition coefficient (Wildman–Crippen LogP) is 5.22. The van der Waals surface area contributed by atoms with Crippen LogP contribution in [0.1, 0.15) is 37.5 Å². The van der Waals surface area contributed by atoms with E-state index < -0.39 is 8.07 Å². The number of benzene rings is 3. The second kappa shape index (κ2) is 7.93. The van der Waals surface area contributed by atoms with Gasteiger partial charge in [0, 0.05) is 0 Å². The summed E-state index contributed by atoms with van der Waals surface area (Å²) >= 11 is 0. The Hall–Kier alpha value is -2.38. The van der Waals surface area contributed by atoms with Gasteiger partial charge in [0.15, 0.2) is 8.07 Å². The highest BCUT2D eigenvalue weighted by Crippen LogP contribution is 2.19. The van der Waals surface area contributed by atoms with Crippen LogP contribution in [0.5, 0.6) is 0 Å². The minimum Gasteiger partial charge on any atom is -0.0860 e. The van der Waals surface area contributed by atoms with Crippen LogP contribution in [0.3, 0.4) is 0 Å². The first-order valence-electron chi connectivity index (χ1n) is 10.1. The number of hydrogen-bond acceptors (Lipinski definition) is 0. The Bertz CT molecular complexity index is 826. The monoisotopic (exact) mass is 384 g/mol. The van der Waals surface area contributed by atoms with Gasteiger partial charge in [-0.15, -0.1) is 0 Å². The third-order valence-electron chi connectivity index (χ3n) is 5.35. The first kappa shape index (κ1) is 20.4. The van der Waals surface area contributed by atoms with Crippen LogP contribution in [0.25, 0.3) is 0 Å². The molecule has 0 aliphatic heterocycles. The summed E-state index contributed by atoms with van der Waals surface area (Å²) in [6.45, 7) is 13.3. The predicted molar refractivity (Wildman–Crippen MR) is 127 cm³/mol. The summed E-state index contributed by atoms with van der Waals surface area (Å²) in [5, 5.41) is 4.31. The number of hydrogen-bond donors (Lipinski definition) is 0. The molecule has 1 heteroatoms. The van der Waals surface area contributed by atoms with Gasteiger partial charge in [-0.2, -0.15) is 0 Å². The largest absolute Gasteiger partial charge is 0.172 e. The minimum atomic E-state index is -2.28. The summed E-state index contributed by atoms with van der Waals surface area (Å²) in [6, 6.07) is 27.6. The van der Waals surface area contributed by atoms with Gasteiger partial charge in [0.25, 0.3) is 0 Å². The van der Waals surface area contributed by atoms with Crippen molar-refractivity contribution < 1.29 is 0 Å². The molecule has 144 valence electrons. The zero-order chi connectivity index (χ0) is 20.4. The van der Waals surface area contributed by atoms with Crippen molar-refractivity contribution >= 4 is 23.6 Å². The van der Waals surface area contributed by atoms with Crippen LogP contribution in [0.4, 0.5) is 0 Å². The summed E-state index contributed by atoms with van der Waals surface area (Å²) < 4.78 is 0. The minimum absolute atomic E-state index is 0.137. The lowest BCUT2D eigenvalue weighted by molar-refractivity contribution is 0.545. The smallest absolute Gasteiger partial charge is 0.0860 e. The zero-order valence-corrected chi connectivity index (χ0v) is 19.1. The highest BCUT2D eigenvalue weighted by molar-refractivity contribution is 7.14. The maximum absolute atomic E-state index is 2.55. The van der Waals surface area contributed by atoms with E-state index in [0.717, 1.165) is 0 Å². The molecule has 0 radical (unpaired) electrons. The topological polar surface area (TPSA) is 0 Å². The molecule has 0 fully saturated rings. The standard InChI is InChI=1S/C27H32Si/c1-21-7-13-24(14-8-21)28(20-19-27(4,5)6,25-15-9-22(2)10-16-25)26-17-11-23(3)12-18-26/h7-20H,1-6H3/b20-19-. The summed E-state index contributed by atoms with van der Waals surface area (Å²) in [7, 11) is -2.28. The molecular weight excluding hydrogens is 352 g/mol. The van der Waals surface area contributed by atoms with Crippen LogP contribution in [-0.4, -0.2) is 8.07 Å². The molecule has 0 amide bonds. The fourth-order valence-electron chi connectivity index (χ4n) is 3.61. The van der Waals surface area contributed by atoms with Crippen molar-refractivity contribution in [3.63, 3.8) is 0 Å². The van der Waals surface area contributed by atoms with E-state index in [-0.39, 0.29) is 5.41 Å². The third kappa shape index (κ3) is 4.36. The van der Waals surface area contributed by atoms with Crippen molar-refractivity contribution in [1.29, 1.82) is 0 Å². The van der Waals surface area contributed by atoms with E-state index in [4.69, 9.17) is 0 Å². The molecule has 0 bridgehead atoms.